The Morgan fingerprint density at radius 3 is 2.85 bits per heavy atom. The molecule has 1 saturated heterocycles. The predicted octanol–water partition coefficient (Wildman–Crippen LogP) is 0.962. The largest absolute Gasteiger partial charge is 0.496 e. The van der Waals surface area contributed by atoms with Crippen LogP contribution < -0.4 is 10.5 Å². The van der Waals surface area contributed by atoms with Crippen molar-refractivity contribution in [1.82, 2.24) is 4.90 Å². The molecule has 5 nitrogen and oxygen atoms in total. The molecule has 108 valence electrons. The van der Waals surface area contributed by atoms with E-state index in [1.807, 2.05) is 24.3 Å². The van der Waals surface area contributed by atoms with Gasteiger partial charge in [-0.05, 0) is 18.4 Å². The fourth-order valence-corrected chi connectivity index (χ4v) is 2.63. The van der Waals surface area contributed by atoms with Gasteiger partial charge in [-0.25, -0.2) is 0 Å². The summed E-state index contributed by atoms with van der Waals surface area (Å²) in [5, 5.41) is 0. The molecule has 1 aromatic rings. The van der Waals surface area contributed by atoms with Crippen LogP contribution in [0.25, 0.3) is 0 Å². The molecule has 0 aromatic heterocycles. The van der Waals surface area contributed by atoms with Crippen LogP contribution in [0.2, 0.25) is 0 Å². The van der Waals surface area contributed by atoms with E-state index in [0.29, 0.717) is 25.9 Å². The van der Waals surface area contributed by atoms with Crippen LogP contribution in [0, 0.1) is 5.92 Å². The van der Waals surface area contributed by atoms with Crippen LogP contribution in [0.4, 0.5) is 0 Å². The minimum Gasteiger partial charge on any atom is -0.496 e. The summed E-state index contributed by atoms with van der Waals surface area (Å²) >= 11 is 0. The van der Waals surface area contributed by atoms with Crippen molar-refractivity contribution in [1.29, 1.82) is 0 Å². The molecule has 0 saturated carbocycles. The van der Waals surface area contributed by atoms with Gasteiger partial charge in [0.2, 0.25) is 11.8 Å². The minimum absolute atomic E-state index is 0.0708. The highest BCUT2D eigenvalue weighted by Gasteiger charge is 2.27. The van der Waals surface area contributed by atoms with Crippen LogP contribution in [-0.4, -0.2) is 36.9 Å². The lowest BCUT2D eigenvalue weighted by Gasteiger charge is -2.17. The summed E-state index contributed by atoms with van der Waals surface area (Å²) in [6, 6.07) is 7.52. The lowest BCUT2D eigenvalue weighted by molar-refractivity contribution is -0.129. The molecule has 1 fully saturated rings. The van der Waals surface area contributed by atoms with Crippen molar-refractivity contribution in [3.63, 3.8) is 0 Å². The predicted molar refractivity (Wildman–Crippen MR) is 75.2 cm³/mol. The quantitative estimate of drug-likeness (QED) is 0.870. The Morgan fingerprint density at radius 2 is 2.15 bits per heavy atom. The van der Waals surface area contributed by atoms with Crippen molar-refractivity contribution in [2.45, 2.75) is 19.3 Å². The topological polar surface area (TPSA) is 72.6 Å². The number of primary amides is 1. The number of nitrogens with zero attached hydrogens (tertiary/aromatic N) is 1. The van der Waals surface area contributed by atoms with Gasteiger partial charge in [-0.15, -0.1) is 0 Å². The van der Waals surface area contributed by atoms with Gasteiger partial charge in [0, 0.05) is 25.1 Å². The number of methoxy groups -OCH3 is 1. The molecule has 0 unspecified atom stereocenters. The summed E-state index contributed by atoms with van der Waals surface area (Å²) in [4.78, 5) is 25.0. The zero-order valence-corrected chi connectivity index (χ0v) is 11.7. The first-order chi connectivity index (χ1) is 9.60. The normalized spacial score (nSPS) is 18.1. The Morgan fingerprint density at radius 1 is 1.40 bits per heavy atom. The van der Waals surface area contributed by atoms with E-state index >= 15 is 0 Å². The summed E-state index contributed by atoms with van der Waals surface area (Å²) in [6.07, 6.45) is 1.53. The number of carbonyl (C=O) groups is 2. The lowest BCUT2D eigenvalue weighted by atomic mass is 10.1. The van der Waals surface area contributed by atoms with Crippen molar-refractivity contribution in [2.24, 2.45) is 11.7 Å². The van der Waals surface area contributed by atoms with Gasteiger partial charge in [0.1, 0.15) is 5.75 Å². The van der Waals surface area contributed by atoms with Crippen molar-refractivity contribution < 1.29 is 14.3 Å². The third-order valence-corrected chi connectivity index (χ3v) is 3.66. The summed E-state index contributed by atoms with van der Waals surface area (Å²) in [6.45, 7) is 1.32. The lowest BCUT2D eigenvalue weighted by Crippen LogP contribution is -2.30. The van der Waals surface area contributed by atoms with E-state index in [0.717, 1.165) is 17.7 Å². The standard InChI is InChI=1S/C15H20N2O3/c1-20-13-5-3-2-4-12(13)9-15(19)17-7-6-11(10-17)8-14(16)18/h2-5,11H,6-10H2,1H3,(H2,16,18)/t11-/m0/s1. The molecule has 0 spiro atoms. The highest BCUT2D eigenvalue weighted by molar-refractivity contribution is 5.80. The first-order valence-corrected chi connectivity index (χ1v) is 6.78. The number of amides is 2. The molecule has 1 atom stereocenters. The first-order valence-electron chi connectivity index (χ1n) is 6.78. The van der Waals surface area contributed by atoms with Crippen LogP contribution in [0.3, 0.4) is 0 Å². The molecule has 5 heteroatoms. The van der Waals surface area contributed by atoms with Gasteiger partial charge >= 0.3 is 0 Å². The van der Waals surface area contributed by atoms with Crippen molar-refractivity contribution in [3.8, 4) is 5.75 Å². The Bertz CT molecular complexity index is 502. The molecule has 0 bridgehead atoms. The third kappa shape index (κ3) is 3.50. The molecule has 2 N–H and O–H groups in total. The van der Waals surface area contributed by atoms with Gasteiger partial charge in [0.05, 0.1) is 13.5 Å². The maximum absolute atomic E-state index is 12.3. The third-order valence-electron chi connectivity index (χ3n) is 3.66. The molecule has 1 aliphatic rings. The van der Waals surface area contributed by atoms with E-state index < -0.39 is 0 Å². The SMILES string of the molecule is COc1ccccc1CC(=O)N1CC[C@@H](CC(N)=O)C1. The summed E-state index contributed by atoms with van der Waals surface area (Å²) in [5.74, 6) is 0.707. The number of likely N-dealkylation sites (tertiary alicyclic amines) is 1. The van der Waals surface area contributed by atoms with E-state index in [2.05, 4.69) is 0 Å². The second-order valence-corrected chi connectivity index (χ2v) is 5.15. The number of benzene rings is 1. The van der Waals surface area contributed by atoms with Crippen molar-refractivity contribution in [2.75, 3.05) is 20.2 Å². The number of ether oxygens (including phenoxy) is 1. The van der Waals surface area contributed by atoms with Crippen molar-refractivity contribution in [3.05, 3.63) is 29.8 Å². The summed E-state index contributed by atoms with van der Waals surface area (Å²) in [7, 11) is 1.60. The van der Waals surface area contributed by atoms with E-state index in [1.165, 1.54) is 0 Å². The van der Waals surface area contributed by atoms with Crippen LogP contribution >= 0.6 is 0 Å². The summed E-state index contributed by atoms with van der Waals surface area (Å²) in [5.41, 5.74) is 6.08. The Balaban J connectivity index is 1.94. The molecule has 1 aliphatic heterocycles. The van der Waals surface area contributed by atoms with E-state index in [4.69, 9.17) is 10.5 Å². The Labute approximate surface area is 118 Å². The zero-order chi connectivity index (χ0) is 14.5. The average molecular weight is 276 g/mol. The van der Waals surface area contributed by atoms with Crippen LogP contribution in [0.5, 0.6) is 5.75 Å². The van der Waals surface area contributed by atoms with Crippen LogP contribution in [0.15, 0.2) is 24.3 Å². The van der Waals surface area contributed by atoms with Crippen molar-refractivity contribution >= 4 is 11.8 Å². The van der Waals surface area contributed by atoms with Gasteiger partial charge in [-0.1, -0.05) is 18.2 Å². The monoisotopic (exact) mass is 276 g/mol. The number of carbonyl (C=O) groups excluding carboxylic acids is 2. The number of rotatable bonds is 5. The number of nitrogens with two attached hydrogens (primary N) is 1. The van der Waals surface area contributed by atoms with Gasteiger partial charge < -0.3 is 15.4 Å². The maximum atomic E-state index is 12.3. The summed E-state index contributed by atoms with van der Waals surface area (Å²) < 4.78 is 5.25. The first kappa shape index (κ1) is 14.4. The Hall–Kier alpha value is -2.04. The molecule has 1 heterocycles. The highest BCUT2D eigenvalue weighted by Crippen LogP contribution is 2.22. The van der Waals surface area contributed by atoms with Crippen LogP contribution in [-0.2, 0) is 16.0 Å². The number of hydrogen-bond acceptors (Lipinski definition) is 3. The Kier molecular flexibility index (Phi) is 4.61. The molecule has 1 aromatic carbocycles. The molecule has 0 aliphatic carbocycles. The van der Waals surface area contributed by atoms with Gasteiger partial charge in [0.25, 0.3) is 0 Å². The van der Waals surface area contributed by atoms with Gasteiger partial charge in [-0.2, -0.15) is 0 Å². The minimum atomic E-state index is -0.297. The smallest absolute Gasteiger partial charge is 0.227 e. The fraction of sp³-hybridized carbons (Fsp3) is 0.467. The molecule has 2 rings (SSSR count). The highest BCUT2D eigenvalue weighted by atomic mass is 16.5. The fourth-order valence-electron chi connectivity index (χ4n) is 2.63. The molecule has 2 amide bonds. The zero-order valence-electron chi connectivity index (χ0n) is 11.7. The number of para-hydroxylation sites is 1. The molecular weight excluding hydrogens is 256 g/mol. The van der Waals surface area contributed by atoms with Crippen LogP contribution in [0.1, 0.15) is 18.4 Å². The average Bonchev–Trinajstić information content (AvgIpc) is 2.87. The number of hydrogen-bond donors (Lipinski definition) is 1. The molecular formula is C15H20N2O3. The maximum Gasteiger partial charge on any atom is 0.227 e. The van der Waals surface area contributed by atoms with E-state index in [9.17, 15) is 9.59 Å². The second-order valence-electron chi connectivity index (χ2n) is 5.15. The van der Waals surface area contributed by atoms with E-state index in [-0.39, 0.29) is 17.7 Å². The second kappa shape index (κ2) is 6.41. The van der Waals surface area contributed by atoms with E-state index in [1.54, 1.807) is 12.0 Å². The molecule has 20 heavy (non-hydrogen) atoms. The van der Waals surface area contributed by atoms with Gasteiger partial charge in [0.15, 0.2) is 0 Å². The van der Waals surface area contributed by atoms with Gasteiger partial charge in [-0.3, -0.25) is 9.59 Å². The molecule has 0 radical (unpaired) electrons.